The molecule has 10 heteroatoms. The van der Waals surface area contributed by atoms with Crippen LogP contribution in [-0.2, 0) is 0 Å². The van der Waals surface area contributed by atoms with E-state index in [0.29, 0.717) is 39.8 Å². The Bertz CT molecular complexity index is 1140. The summed E-state index contributed by atoms with van der Waals surface area (Å²) in [5, 5.41) is 3.84. The number of amides is 1. The molecule has 1 aliphatic rings. The minimum Gasteiger partial charge on any atom is -0.496 e. The maximum absolute atomic E-state index is 13.2. The van der Waals surface area contributed by atoms with E-state index in [0.717, 1.165) is 0 Å². The summed E-state index contributed by atoms with van der Waals surface area (Å²) in [7, 11) is 1.30. The number of alkyl halides is 4. The molecule has 32 heavy (non-hydrogen) atoms. The molecular weight excluding hydrogens is 495 g/mol. The van der Waals surface area contributed by atoms with Crippen LogP contribution in [0.4, 0.5) is 13.2 Å². The Hall–Kier alpha value is -2.88. The summed E-state index contributed by atoms with van der Waals surface area (Å²) in [5.41, 5.74) is 1.33. The SMILES string of the molecule is COc1cc(-c2coc3cc(OCCBr)ccc23)cc(OC(F)F)c1C(=O)N[C@@H]1C[C@@H]1F. The van der Waals surface area contributed by atoms with Gasteiger partial charge >= 0.3 is 6.61 Å². The number of methoxy groups -OCH3 is 1. The van der Waals surface area contributed by atoms with Gasteiger partial charge in [0.25, 0.3) is 5.91 Å². The van der Waals surface area contributed by atoms with Crippen LogP contribution in [0, 0.1) is 0 Å². The number of furan rings is 1. The number of hydrogen-bond acceptors (Lipinski definition) is 5. The highest BCUT2D eigenvalue weighted by atomic mass is 79.9. The number of benzene rings is 2. The Morgan fingerprint density at radius 3 is 2.69 bits per heavy atom. The van der Waals surface area contributed by atoms with Crippen LogP contribution in [0.25, 0.3) is 22.1 Å². The number of carbonyl (C=O) groups is 1. The average Bonchev–Trinajstić information content (AvgIpc) is 3.29. The fraction of sp³-hybridized carbons (Fsp3) is 0.318. The van der Waals surface area contributed by atoms with Gasteiger partial charge in [0, 0.05) is 28.8 Å². The zero-order valence-corrected chi connectivity index (χ0v) is 18.5. The molecule has 6 nitrogen and oxygen atoms in total. The van der Waals surface area contributed by atoms with Gasteiger partial charge in [0.2, 0.25) is 0 Å². The molecule has 2 atom stereocenters. The highest BCUT2D eigenvalue weighted by molar-refractivity contribution is 9.09. The monoisotopic (exact) mass is 513 g/mol. The fourth-order valence-corrected chi connectivity index (χ4v) is 3.51. The number of carbonyl (C=O) groups excluding carboxylic acids is 1. The molecule has 1 saturated carbocycles. The summed E-state index contributed by atoms with van der Waals surface area (Å²) in [4.78, 5) is 12.6. The van der Waals surface area contributed by atoms with Gasteiger partial charge in [-0.3, -0.25) is 4.79 Å². The van der Waals surface area contributed by atoms with Crippen LogP contribution in [0.15, 0.2) is 41.0 Å². The lowest BCUT2D eigenvalue weighted by Gasteiger charge is -2.16. The molecule has 3 aromatic rings. The van der Waals surface area contributed by atoms with Crippen LogP contribution in [0.3, 0.4) is 0 Å². The largest absolute Gasteiger partial charge is 0.496 e. The lowest BCUT2D eigenvalue weighted by Crippen LogP contribution is -2.28. The molecule has 1 fully saturated rings. The topological polar surface area (TPSA) is 69.9 Å². The van der Waals surface area contributed by atoms with Crippen LogP contribution in [-0.4, -0.2) is 43.8 Å². The molecule has 1 aromatic heterocycles. The fourth-order valence-electron chi connectivity index (χ4n) is 3.35. The Morgan fingerprint density at radius 2 is 2.03 bits per heavy atom. The highest BCUT2D eigenvalue weighted by Crippen LogP contribution is 2.40. The second kappa shape index (κ2) is 9.32. The number of ether oxygens (including phenoxy) is 3. The van der Waals surface area contributed by atoms with E-state index in [1.807, 2.05) is 0 Å². The predicted molar refractivity (Wildman–Crippen MR) is 115 cm³/mol. The van der Waals surface area contributed by atoms with Gasteiger partial charge in [-0.1, -0.05) is 15.9 Å². The van der Waals surface area contributed by atoms with Crippen LogP contribution in [0.5, 0.6) is 17.2 Å². The van der Waals surface area contributed by atoms with Gasteiger partial charge in [0.15, 0.2) is 0 Å². The van der Waals surface area contributed by atoms with Gasteiger partial charge < -0.3 is 23.9 Å². The van der Waals surface area contributed by atoms with E-state index in [-0.39, 0.29) is 23.5 Å². The van der Waals surface area contributed by atoms with Crippen molar-refractivity contribution in [3.05, 3.63) is 42.2 Å². The van der Waals surface area contributed by atoms with Gasteiger partial charge in [-0.15, -0.1) is 0 Å². The number of halogens is 4. The summed E-state index contributed by atoms with van der Waals surface area (Å²) >= 11 is 3.29. The molecule has 1 heterocycles. The third-order valence-corrected chi connectivity index (χ3v) is 5.29. The zero-order chi connectivity index (χ0) is 22.8. The molecule has 4 rings (SSSR count). The Morgan fingerprint density at radius 1 is 1.28 bits per heavy atom. The number of rotatable bonds is 9. The van der Waals surface area contributed by atoms with Gasteiger partial charge in [-0.2, -0.15) is 8.78 Å². The predicted octanol–water partition coefficient (Wildman–Crippen LogP) is 5.32. The normalized spacial score (nSPS) is 17.4. The summed E-state index contributed by atoms with van der Waals surface area (Å²) in [6.07, 6.45) is 0.501. The van der Waals surface area contributed by atoms with Gasteiger partial charge in [-0.25, -0.2) is 4.39 Å². The van der Waals surface area contributed by atoms with Crippen LogP contribution < -0.4 is 19.5 Å². The van der Waals surface area contributed by atoms with E-state index in [1.54, 1.807) is 18.2 Å². The van der Waals surface area contributed by atoms with E-state index in [4.69, 9.17) is 13.9 Å². The molecule has 0 saturated heterocycles. The van der Waals surface area contributed by atoms with Gasteiger partial charge in [-0.05, 0) is 29.8 Å². The molecule has 1 amide bonds. The highest BCUT2D eigenvalue weighted by Gasteiger charge is 2.40. The number of nitrogens with one attached hydrogen (secondary N) is 1. The van der Waals surface area contributed by atoms with E-state index in [1.165, 1.54) is 25.5 Å². The molecule has 2 aromatic carbocycles. The summed E-state index contributed by atoms with van der Waals surface area (Å²) in [5.74, 6) is -0.497. The second-order valence-electron chi connectivity index (χ2n) is 7.11. The van der Waals surface area contributed by atoms with Crippen molar-refractivity contribution >= 4 is 32.8 Å². The first-order valence-corrected chi connectivity index (χ1v) is 10.9. The van der Waals surface area contributed by atoms with Crippen LogP contribution in [0.1, 0.15) is 16.8 Å². The molecule has 0 radical (unpaired) electrons. The second-order valence-corrected chi connectivity index (χ2v) is 7.90. The van der Waals surface area contributed by atoms with Crippen LogP contribution >= 0.6 is 15.9 Å². The average molecular weight is 514 g/mol. The lowest BCUT2D eigenvalue weighted by atomic mass is 10.0. The maximum Gasteiger partial charge on any atom is 0.387 e. The summed E-state index contributed by atoms with van der Waals surface area (Å²) in [6.45, 7) is -2.69. The number of hydrogen-bond donors (Lipinski definition) is 1. The van der Waals surface area contributed by atoms with Crippen molar-refractivity contribution in [3.8, 4) is 28.4 Å². The smallest absolute Gasteiger partial charge is 0.387 e. The molecule has 0 unspecified atom stereocenters. The molecule has 0 aliphatic heterocycles. The molecule has 170 valence electrons. The van der Waals surface area contributed by atoms with Crippen molar-refractivity contribution in [3.63, 3.8) is 0 Å². The van der Waals surface area contributed by atoms with E-state index in [2.05, 4.69) is 26.0 Å². The molecular formula is C22H19BrF3NO5. The molecule has 0 bridgehead atoms. The lowest BCUT2D eigenvalue weighted by molar-refractivity contribution is -0.0502. The summed E-state index contributed by atoms with van der Waals surface area (Å²) in [6, 6.07) is 7.45. The standard InChI is InChI=1S/C22H19BrF3NO5/c1-29-18-6-11(14-10-31-17-8-12(30-5-4-23)2-3-13(14)17)7-19(32-22(25)26)20(18)21(28)27-16-9-15(16)24/h2-3,6-8,10,15-16,22H,4-5,9H2,1H3,(H,27,28)/t15-,16+/m0/s1. The Kier molecular flexibility index (Phi) is 6.50. The Balaban J connectivity index is 1.75. The molecule has 1 aliphatic carbocycles. The first kappa shape index (κ1) is 22.3. The third-order valence-electron chi connectivity index (χ3n) is 4.96. The zero-order valence-electron chi connectivity index (χ0n) is 16.9. The van der Waals surface area contributed by atoms with Crippen molar-refractivity contribution in [1.29, 1.82) is 0 Å². The van der Waals surface area contributed by atoms with Crippen LogP contribution in [0.2, 0.25) is 0 Å². The van der Waals surface area contributed by atoms with Gasteiger partial charge in [0.1, 0.15) is 34.6 Å². The van der Waals surface area contributed by atoms with Crippen molar-refractivity contribution in [2.24, 2.45) is 0 Å². The number of fused-ring (bicyclic) bond motifs is 1. The van der Waals surface area contributed by atoms with E-state index < -0.39 is 24.7 Å². The maximum atomic E-state index is 13.2. The van der Waals surface area contributed by atoms with E-state index in [9.17, 15) is 18.0 Å². The van der Waals surface area contributed by atoms with Crippen molar-refractivity contribution < 1.29 is 36.6 Å². The molecule has 0 spiro atoms. The van der Waals surface area contributed by atoms with E-state index >= 15 is 0 Å². The third kappa shape index (κ3) is 4.64. The molecule has 1 N–H and O–H groups in total. The minimum atomic E-state index is -3.17. The summed E-state index contributed by atoms with van der Waals surface area (Å²) < 4.78 is 60.6. The quantitative estimate of drug-likeness (QED) is 0.392. The van der Waals surface area contributed by atoms with Crippen molar-refractivity contribution in [1.82, 2.24) is 5.32 Å². The van der Waals surface area contributed by atoms with Crippen molar-refractivity contribution in [2.45, 2.75) is 25.2 Å². The van der Waals surface area contributed by atoms with Gasteiger partial charge in [0.05, 0.1) is 26.0 Å². The first-order chi connectivity index (χ1) is 15.4. The first-order valence-electron chi connectivity index (χ1n) is 9.73. The Labute approximate surface area is 189 Å². The van der Waals surface area contributed by atoms with Crippen molar-refractivity contribution in [2.75, 3.05) is 19.0 Å². The minimum absolute atomic E-state index is 0.0123.